The van der Waals surface area contributed by atoms with Crippen molar-refractivity contribution in [1.29, 1.82) is 0 Å². The Hall–Kier alpha value is -1.15. The molecular weight excluding hydrogens is 196 g/mol. The molecule has 0 fully saturated rings. The van der Waals surface area contributed by atoms with Crippen molar-refractivity contribution in [2.24, 2.45) is 0 Å². The number of fused-ring (bicyclic) bond motifs is 1. The van der Waals surface area contributed by atoms with Gasteiger partial charge in [-0.05, 0) is 19.1 Å². The predicted molar refractivity (Wildman–Crippen MR) is 60.6 cm³/mol. The summed E-state index contributed by atoms with van der Waals surface area (Å²) >= 11 is 5.98. The fourth-order valence-corrected chi connectivity index (χ4v) is 1.53. The van der Waals surface area contributed by atoms with E-state index in [9.17, 15) is 0 Å². The Labute approximate surface area is 89.0 Å². The molecule has 0 amide bonds. The van der Waals surface area contributed by atoms with Gasteiger partial charge in [0, 0.05) is 11.1 Å². The van der Waals surface area contributed by atoms with Gasteiger partial charge >= 0.3 is 0 Å². The number of halogens is 1. The minimum absolute atomic E-state index is 0.714. The maximum atomic E-state index is 5.98. The Morgan fingerprint density at radius 1 is 1.14 bits per heavy atom. The van der Waals surface area contributed by atoms with Crippen LogP contribution in [-0.2, 0) is 0 Å². The van der Waals surface area contributed by atoms with Crippen molar-refractivity contribution in [3.05, 3.63) is 35.2 Å². The highest BCUT2D eigenvalue weighted by Gasteiger charge is 2.01. The van der Waals surface area contributed by atoms with Crippen LogP contribution in [0.1, 0.15) is 19.5 Å². The zero-order chi connectivity index (χ0) is 10.6. The Kier molecular flexibility index (Phi) is 3.84. The summed E-state index contributed by atoms with van der Waals surface area (Å²) in [6.07, 6.45) is 1.55. The van der Waals surface area contributed by atoms with Crippen LogP contribution in [0.25, 0.3) is 10.9 Å². The fraction of sp³-hybridized carbons (Fsp3) is 0.273. The van der Waals surface area contributed by atoms with E-state index in [-0.39, 0.29) is 0 Å². The second kappa shape index (κ2) is 4.91. The van der Waals surface area contributed by atoms with Crippen molar-refractivity contribution >= 4 is 22.5 Å². The van der Waals surface area contributed by atoms with Gasteiger partial charge in [-0.1, -0.05) is 31.5 Å². The summed E-state index contributed by atoms with van der Waals surface area (Å²) in [7, 11) is 0. The van der Waals surface area contributed by atoms with Crippen LogP contribution in [0.3, 0.4) is 0 Å². The molecule has 14 heavy (non-hydrogen) atoms. The number of nitrogens with zero attached hydrogens (tertiary/aromatic N) is 2. The number of aromatic nitrogens is 2. The summed E-state index contributed by atoms with van der Waals surface area (Å²) in [5.74, 6) is 0. The molecule has 2 nitrogen and oxygen atoms in total. The Morgan fingerprint density at radius 2 is 1.86 bits per heavy atom. The van der Waals surface area contributed by atoms with Gasteiger partial charge in [0.25, 0.3) is 0 Å². The van der Waals surface area contributed by atoms with Crippen LogP contribution in [0.5, 0.6) is 0 Å². The lowest BCUT2D eigenvalue weighted by molar-refractivity contribution is 1.15. The van der Waals surface area contributed by atoms with Gasteiger partial charge < -0.3 is 0 Å². The molecule has 0 saturated carbocycles. The average Bonchev–Trinajstić information content (AvgIpc) is 2.21. The second-order valence-corrected chi connectivity index (χ2v) is 3.00. The third-order valence-electron chi connectivity index (χ3n) is 1.80. The van der Waals surface area contributed by atoms with Crippen LogP contribution >= 0.6 is 11.6 Å². The van der Waals surface area contributed by atoms with Crippen LogP contribution in [0.15, 0.2) is 24.5 Å². The maximum Gasteiger partial charge on any atom is 0.116 e. The van der Waals surface area contributed by atoms with Crippen LogP contribution in [0.4, 0.5) is 0 Å². The minimum atomic E-state index is 0.714. The largest absolute Gasteiger partial charge is 0.241 e. The van der Waals surface area contributed by atoms with Gasteiger partial charge in [0.05, 0.1) is 10.5 Å². The van der Waals surface area contributed by atoms with Crippen molar-refractivity contribution in [3.63, 3.8) is 0 Å². The molecule has 3 heteroatoms. The topological polar surface area (TPSA) is 25.8 Å². The van der Waals surface area contributed by atoms with Gasteiger partial charge in [-0.3, -0.25) is 0 Å². The third-order valence-corrected chi connectivity index (χ3v) is 2.12. The van der Waals surface area contributed by atoms with Crippen LogP contribution < -0.4 is 0 Å². The van der Waals surface area contributed by atoms with Gasteiger partial charge in [-0.25, -0.2) is 9.97 Å². The molecule has 0 unspecified atom stereocenters. The lowest BCUT2D eigenvalue weighted by Crippen LogP contribution is -1.87. The highest BCUT2D eigenvalue weighted by molar-refractivity contribution is 6.35. The molecule has 0 bridgehead atoms. The van der Waals surface area contributed by atoms with Crippen molar-refractivity contribution in [3.8, 4) is 0 Å². The van der Waals surface area contributed by atoms with E-state index < -0.39 is 0 Å². The van der Waals surface area contributed by atoms with Crippen molar-refractivity contribution in [2.75, 3.05) is 0 Å². The zero-order valence-electron chi connectivity index (χ0n) is 8.58. The first-order valence-corrected chi connectivity index (χ1v) is 5.02. The van der Waals surface area contributed by atoms with E-state index in [1.165, 1.54) is 0 Å². The molecule has 0 N–H and O–H groups in total. The molecule has 0 saturated heterocycles. The molecule has 2 aromatic rings. The number of rotatable bonds is 0. The third kappa shape index (κ3) is 2.02. The minimum Gasteiger partial charge on any atom is -0.241 e. The summed E-state index contributed by atoms with van der Waals surface area (Å²) in [4.78, 5) is 8.18. The van der Waals surface area contributed by atoms with E-state index in [0.29, 0.717) is 5.02 Å². The SMILES string of the molecule is CC.Cc1ncnc2cccc(Cl)c12. The molecule has 0 aliphatic carbocycles. The Balaban J connectivity index is 0.000000461. The summed E-state index contributed by atoms with van der Waals surface area (Å²) in [6, 6.07) is 5.66. The van der Waals surface area contributed by atoms with E-state index in [1.54, 1.807) is 6.33 Å². The van der Waals surface area contributed by atoms with E-state index in [2.05, 4.69) is 9.97 Å². The molecule has 1 aromatic heterocycles. The van der Waals surface area contributed by atoms with Crippen LogP contribution in [-0.4, -0.2) is 9.97 Å². The van der Waals surface area contributed by atoms with Crippen molar-refractivity contribution in [1.82, 2.24) is 9.97 Å². The molecule has 1 aromatic carbocycles. The quantitative estimate of drug-likeness (QED) is 0.661. The highest BCUT2D eigenvalue weighted by atomic mass is 35.5. The molecule has 2 rings (SSSR count). The Morgan fingerprint density at radius 3 is 2.50 bits per heavy atom. The summed E-state index contributed by atoms with van der Waals surface area (Å²) < 4.78 is 0. The summed E-state index contributed by atoms with van der Waals surface area (Å²) in [5, 5.41) is 1.66. The lowest BCUT2D eigenvalue weighted by Gasteiger charge is -2.00. The molecule has 0 spiro atoms. The Bertz CT molecular complexity index is 390. The highest BCUT2D eigenvalue weighted by Crippen LogP contribution is 2.22. The molecular formula is C11H13ClN2. The molecule has 74 valence electrons. The number of hydrogen-bond donors (Lipinski definition) is 0. The number of benzene rings is 1. The average molecular weight is 209 g/mol. The molecule has 0 aliphatic heterocycles. The monoisotopic (exact) mass is 208 g/mol. The van der Waals surface area contributed by atoms with E-state index in [1.807, 2.05) is 39.0 Å². The maximum absolute atomic E-state index is 5.98. The lowest BCUT2D eigenvalue weighted by atomic mass is 10.2. The zero-order valence-corrected chi connectivity index (χ0v) is 9.34. The normalized spacial score (nSPS) is 9.43. The van der Waals surface area contributed by atoms with Crippen LogP contribution in [0, 0.1) is 6.92 Å². The first-order chi connectivity index (χ1) is 6.79. The summed E-state index contributed by atoms with van der Waals surface area (Å²) in [6.45, 7) is 5.93. The van der Waals surface area contributed by atoms with Gasteiger partial charge in [0.2, 0.25) is 0 Å². The van der Waals surface area contributed by atoms with E-state index in [0.717, 1.165) is 16.6 Å². The van der Waals surface area contributed by atoms with Crippen LogP contribution in [0.2, 0.25) is 5.02 Å². The molecule has 0 aliphatic rings. The van der Waals surface area contributed by atoms with Crippen molar-refractivity contribution in [2.45, 2.75) is 20.8 Å². The summed E-state index contributed by atoms with van der Waals surface area (Å²) in [5.41, 5.74) is 1.82. The standard InChI is InChI=1S/C9H7ClN2.C2H6/c1-6-9-7(10)3-2-4-8(9)12-5-11-6;1-2/h2-5H,1H3;1-2H3. The smallest absolute Gasteiger partial charge is 0.116 e. The molecule has 0 atom stereocenters. The molecule has 0 radical (unpaired) electrons. The van der Waals surface area contributed by atoms with Gasteiger partial charge in [0.15, 0.2) is 0 Å². The number of hydrogen-bond acceptors (Lipinski definition) is 2. The van der Waals surface area contributed by atoms with Crippen molar-refractivity contribution < 1.29 is 0 Å². The van der Waals surface area contributed by atoms with Gasteiger partial charge in [0.1, 0.15) is 6.33 Å². The second-order valence-electron chi connectivity index (χ2n) is 2.59. The van der Waals surface area contributed by atoms with Gasteiger partial charge in [-0.15, -0.1) is 0 Å². The van der Waals surface area contributed by atoms with E-state index in [4.69, 9.17) is 11.6 Å². The molecule has 1 heterocycles. The van der Waals surface area contributed by atoms with Gasteiger partial charge in [-0.2, -0.15) is 0 Å². The predicted octanol–water partition coefficient (Wildman–Crippen LogP) is 3.62. The first-order valence-electron chi connectivity index (χ1n) is 4.65. The number of aryl methyl sites for hydroxylation is 1. The first kappa shape index (κ1) is 10.9. The van der Waals surface area contributed by atoms with E-state index >= 15 is 0 Å². The fourth-order valence-electron chi connectivity index (χ4n) is 1.22.